The molecule has 1 aliphatic heterocycles. The molecule has 3 aliphatic rings. The Balaban J connectivity index is 1.52. The summed E-state index contributed by atoms with van der Waals surface area (Å²) in [4.78, 5) is 39.0. The second kappa shape index (κ2) is 10.3. The number of ketones is 2. The van der Waals surface area contributed by atoms with Crippen LogP contribution in [0.2, 0.25) is 0 Å². The van der Waals surface area contributed by atoms with Crippen LogP contribution in [0.15, 0.2) is 68.0 Å². The zero-order valence-corrected chi connectivity index (χ0v) is 23.0. The number of Topliss-reactive ketones (excluding diaryl/α,β-unsaturated/α-hetero) is 2. The number of ether oxygens (including phenoxy) is 2. The van der Waals surface area contributed by atoms with Crippen molar-refractivity contribution in [3.63, 3.8) is 0 Å². The molecular weight excluding hydrogens is 590 g/mol. The molecule has 6 nitrogen and oxygen atoms in total. The number of aryl methyl sites for hydroxylation is 1. The third-order valence-corrected chi connectivity index (χ3v) is 7.72. The van der Waals surface area contributed by atoms with Crippen molar-refractivity contribution in [2.24, 2.45) is 0 Å². The molecule has 1 amide bonds. The number of nitrogens with one attached hydrogen (secondary N) is 1. The fraction of sp³-hybridized carbons (Fsp3) is 0.321. The number of halogens is 2. The highest BCUT2D eigenvalue weighted by Gasteiger charge is 2.43. The molecule has 2 aromatic carbocycles. The number of carbonyl (C=O) groups excluding carboxylic acids is 3. The zero-order chi connectivity index (χ0) is 25.4. The van der Waals surface area contributed by atoms with Crippen LogP contribution in [0.1, 0.15) is 55.6 Å². The Morgan fingerprint density at radius 3 is 2.19 bits per heavy atom. The molecule has 0 saturated heterocycles. The average Bonchev–Trinajstić information content (AvgIpc) is 2.83. The molecule has 0 saturated carbocycles. The molecule has 5 rings (SSSR count). The van der Waals surface area contributed by atoms with E-state index in [0.717, 1.165) is 22.9 Å². The largest absolute Gasteiger partial charge is 0.482 e. The lowest BCUT2D eigenvalue weighted by atomic mass is 9.73. The van der Waals surface area contributed by atoms with Gasteiger partial charge in [-0.05, 0) is 60.0 Å². The van der Waals surface area contributed by atoms with E-state index in [1.807, 2.05) is 43.3 Å². The van der Waals surface area contributed by atoms with Gasteiger partial charge in [-0.1, -0.05) is 33.6 Å². The molecule has 186 valence electrons. The van der Waals surface area contributed by atoms with Crippen LogP contribution in [0, 0.1) is 6.92 Å². The fourth-order valence-electron chi connectivity index (χ4n) is 5.05. The third kappa shape index (κ3) is 4.93. The summed E-state index contributed by atoms with van der Waals surface area (Å²) < 4.78 is 13.6. The summed E-state index contributed by atoms with van der Waals surface area (Å²) in [6.45, 7) is 1.75. The number of carbonyl (C=O) groups is 3. The van der Waals surface area contributed by atoms with Gasteiger partial charge in [0.25, 0.3) is 5.91 Å². The highest BCUT2D eigenvalue weighted by atomic mass is 79.9. The van der Waals surface area contributed by atoms with Gasteiger partial charge in [-0.25, -0.2) is 0 Å². The van der Waals surface area contributed by atoms with Crippen LogP contribution in [0.4, 0.5) is 5.69 Å². The minimum atomic E-state index is -0.590. The highest BCUT2D eigenvalue weighted by molar-refractivity contribution is 9.11. The van der Waals surface area contributed by atoms with Gasteiger partial charge in [-0.3, -0.25) is 14.4 Å². The normalized spacial score (nSPS) is 18.0. The molecule has 8 heteroatoms. The van der Waals surface area contributed by atoms with Gasteiger partial charge < -0.3 is 14.8 Å². The molecule has 36 heavy (non-hydrogen) atoms. The number of amides is 1. The SMILES string of the molecule is Cc1ccc(NC(=O)COc2c(Br)cc(Br)cc2C2C3=C(CCCC3=O)OC3=C2C(=O)CCC3)cc1. The minimum absolute atomic E-state index is 0.00895. The van der Waals surface area contributed by atoms with Gasteiger partial charge in [0.1, 0.15) is 17.3 Å². The van der Waals surface area contributed by atoms with Gasteiger partial charge in [-0.2, -0.15) is 0 Å². The molecule has 0 spiro atoms. The Labute approximate surface area is 226 Å². The molecule has 2 aromatic rings. The van der Waals surface area contributed by atoms with Crippen molar-refractivity contribution < 1.29 is 23.9 Å². The first kappa shape index (κ1) is 25.0. The van der Waals surface area contributed by atoms with Crippen molar-refractivity contribution in [2.45, 2.75) is 51.4 Å². The van der Waals surface area contributed by atoms with E-state index in [0.29, 0.717) is 69.8 Å². The van der Waals surface area contributed by atoms with E-state index < -0.39 is 5.92 Å². The molecule has 0 radical (unpaired) electrons. The Bertz CT molecular complexity index is 1280. The van der Waals surface area contributed by atoms with E-state index in [-0.39, 0.29) is 24.1 Å². The lowest BCUT2D eigenvalue weighted by Gasteiger charge is -2.36. The molecule has 0 atom stereocenters. The second-order valence-corrected chi connectivity index (χ2v) is 11.0. The van der Waals surface area contributed by atoms with E-state index >= 15 is 0 Å². The quantitative estimate of drug-likeness (QED) is 0.407. The maximum absolute atomic E-state index is 13.2. The van der Waals surface area contributed by atoms with E-state index in [4.69, 9.17) is 9.47 Å². The Kier molecular flexibility index (Phi) is 7.17. The summed E-state index contributed by atoms with van der Waals surface area (Å²) in [5.74, 6) is 0.824. The number of benzene rings is 2. The summed E-state index contributed by atoms with van der Waals surface area (Å²) in [6.07, 6.45) is 3.61. The van der Waals surface area contributed by atoms with Crippen LogP contribution in [-0.2, 0) is 19.1 Å². The molecule has 1 N–H and O–H groups in total. The van der Waals surface area contributed by atoms with Crippen molar-refractivity contribution in [2.75, 3.05) is 11.9 Å². The van der Waals surface area contributed by atoms with Gasteiger partial charge >= 0.3 is 0 Å². The Morgan fingerprint density at radius 1 is 0.972 bits per heavy atom. The number of rotatable bonds is 5. The molecule has 0 fully saturated rings. The molecule has 1 heterocycles. The van der Waals surface area contributed by atoms with Crippen molar-refractivity contribution in [3.05, 3.63) is 79.1 Å². The minimum Gasteiger partial charge on any atom is -0.482 e. The summed E-state index contributed by atoms with van der Waals surface area (Å²) in [5, 5.41) is 2.84. The van der Waals surface area contributed by atoms with Crippen LogP contribution in [0.3, 0.4) is 0 Å². The third-order valence-electron chi connectivity index (χ3n) is 6.67. The van der Waals surface area contributed by atoms with Crippen molar-refractivity contribution in [3.8, 4) is 5.75 Å². The van der Waals surface area contributed by atoms with Crippen LogP contribution >= 0.6 is 31.9 Å². The summed E-state index contributed by atoms with van der Waals surface area (Å²) in [7, 11) is 0. The maximum atomic E-state index is 13.2. The first-order valence-corrected chi connectivity index (χ1v) is 13.6. The van der Waals surface area contributed by atoms with E-state index in [1.54, 1.807) is 0 Å². The van der Waals surface area contributed by atoms with Gasteiger partial charge in [0.15, 0.2) is 18.2 Å². The molecule has 2 aliphatic carbocycles. The number of allylic oxidation sites excluding steroid dienone is 4. The zero-order valence-electron chi connectivity index (χ0n) is 19.8. The first-order valence-electron chi connectivity index (χ1n) is 12.0. The maximum Gasteiger partial charge on any atom is 0.262 e. The molecule has 0 bridgehead atoms. The predicted molar refractivity (Wildman–Crippen MR) is 143 cm³/mol. The highest BCUT2D eigenvalue weighted by Crippen LogP contribution is 2.51. The van der Waals surface area contributed by atoms with Gasteiger partial charge in [0.2, 0.25) is 0 Å². The summed E-state index contributed by atoms with van der Waals surface area (Å²) >= 11 is 7.13. The molecule has 0 aromatic heterocycles. The van der Waals surface area contributed by atoms with E-state index in [2.05, 4.69) is 37.2 Å². The monoisotopic (exact) mass is 613 g/mol. The topological polar surface area (TPSA) is 81.7 Å². The predicted octanol–water partition coefficient (Wildman–Crippen LogP) is 6.67. The van der Waals surface area contributed by atoms with Crippen LogP contribution < -0.4 is 10.1 Å². The fourth-order valence-corrected chi connectivity index (χ4v) is 6.42. The van der Waals surface area contributed by atoms with Crippen molar-refractivity contribution >= 4 is 55.0 Å². The Hall–Kier alpha value is -2.71. The number of hydrogen-bond donors (Lipinski definition) is 1. The van der Waals surface area contributed by atoms with Crippen molar-refractivity contribution in [1.82, 2.24) is 0 Å². The average molecular weight is 615 g/mol. The van der Waals surface area contributed by atoms with Crippen molar-refractivity contribution in [1.29, 1.82) is 0 Å². The lowest BCUT2D eigenvalue weighted by Crippen LogP contribution is -2.31. The molecule has 0 unspecified atom stereocenters. The standard InChI is InChI=1S/C28H25Br2NO5/c1-15-8-10-17(11-9-15)31-24(34)14-35-28-18(12-16(29)13-19(28)30)25-26-20(32)4-2-6-22(26)36-23-7-3-5-21(33)27(23)25/h8-13,25H,2-7,14H2,1H3,(H,31,34). The lowest BCUT2D eigenvalue weighted by molar-refractivity contribution is -0.119. The molecular formula is C28H25Br2NO5. The van der Waals surface area contributed by atoms with Gasteiger partial charge in [0.05, 0.1) is 10.4 Å². The van der Waals surface area contributed by atoms with Crippen LogP contribution in [0.5, 0.6) is 5.75 Å². The Morgan fingerprint density at radius 2 is 1.58 bits per heavy atom. The summed E-state index contributed by atoms with van der Waals surface area (Å²) in [6, 6.07) is 11.2. The van der Waals surface area contributed by atoms with Crippen LogP contribution in [0.25, 0.3) is 0 Å². The van der Waals surface area contributed by atoms with E-state index in [1.165, 1.54) is 0 Å². The second-order valence-electron chi connectivity index (χ2n) is 9.27. The number of hydrogen-bond acceptors (Lipinski definition) is 5. The van der Waals surface area contributed by atoms with Crippen LogP contribution in [-0.4, -0.2) is 24.1 Å². The van der Waals surface area contributed by atoms with E-state index in [9.17, 15) is 14.4 Å². The van der Waals surface area contributed by atoms with Gasteiger partial charge in [-0.15, -0.1) is 0 Å². The first-order chi connectivity index (χ1) is 17.3. The summed E-state index contributed by atoms with van der Waals surface area (Å²) in [5.41, 5.74) is 3.51. The smallest absolute Gasteiger partial charge is 0.262 e. The number of anilines is 1. The van der Waals surface area contributed by atoms with Gasteiger partial charge in [0, 0.05) is 52.6 Å².